The van der Waals surface area contributed by atoms with Gasteiger partial charge in [0, 0.05) is 42.9 Å². The van der Waals surface area contributed by atoms with Gasteiger partial charge in [-0.15, -0.1) is 12.4 Å². The largest absolute Gasteiger partial charge is 0.454 e. The molecule has 0 unspecified atom stereocenters. The topological polar surface area (TPSA) is 98.0 Å². The van der Waals surface area contributed by atoms with Crippen LogP contribution < -0.4 is 14.4 Å². The summed E-state index contributed by atoms with van der Waals surface area (Å²) in [6.07, 6.45) is 0. The predicted octanol–water partition coefficient (Wildman–Crippen LogP) is 4.34. The molecule has 32 heavy (non-hydrogen) atoms. The van der Waals surface area contributed by atoms with Crippen molar-refractivity contribution < 1.29 is 19.2 Å². The second-order valence-corrected chi connectivity index (χ2v) is 7.97. The zero-order valence-corrected chi connectivity index (χ0v) is 19.3. The van der Waals surface area contributed by atoms with E-state index >= 15 is 0 Å². The van der Waals surface area contributed by atoms with Gasteiger partial charge in [-0.1, -0.05) is 25.2 Å². The third-order valence-electron chi connectivity index (χ3n) is 5.21. The van der Waals surface area contributed by atoms with Gasteiger partial charge in [0.1, 0.15) is 0 Å². The Morgan fingerprint density at radius 1 is 1.12 bits per heavy atom. The van der Waals surface area contributed by atoms with Crippen molar-refractivity contribution in [3.8, 4) is 11.5 Å². The number of ether oxygens (including phenoxy) is 2. The number of hydrogen-bond acceptors (Lipinski definition) is 8. The third kappa shape index (κ3) is 4.77. The molecule has 0 saturated heterocycles. The number of nitro benzene ring substituents is 1. The molecule has 2 heterocycles. The highest BCUT2D eigenvalue weighted by Crippen LogP contribution is 2.40. The van der Waals surface area contributed by atoms with Crippen LogP contribution in [0.15, 0.2) is 36.4 Å². The van der Waals surface area contributed by atoms with Crippen LogP contribution >= 0.6 is 23.7 Å². The van der Waals surface area contributed by atoms with Crippen LogP contribution in [0.4, 0.5) is 10.8 Å². The van der Waals surface area contributed by atoms with Gasteiger partial charge in [-0.3, -0.25) is 19.8 Å². The first-order valence-corrected chi connectivity index (χ1v) is 10.8. The molecule has 0 N–H and O–H groups in total. The first-order chi connectivity index (χ1) is 15.0. The highest BCUT2D eigenvalue weighted by Gasteiger charge is 2.24. The smallest absolute Gasteiger partial charge is 0.269 e. The number of halogens is 1. The molecule has 0 fully saturated rings. The highest BCUT2D eigenvalue weighted by molar-refractivity contribution is 7.22. The molecule has 1 aromatic heterocycles. The lowest BCUT2D eigenvalue weighted by atomic mass is 10.2. The van der Waals surface area contributed by atoms with Crippen LogP contribution in [0.25, 0.3) is 10.2 Å². The molecule has 0 spiro atoms. The number of thiazole rings is 1. The predicted molar refractivity (Wildman–Crippen MR) is 126 cm³/mol. The van der Waals surface area contributed by atoms with Crippen molar-refractivity contribution in [3.05, 3.63) is 52.1 Å². The molecule has 11 heteroatoms. The fraction of sp³-hybridized carbons (Fsp3) is 0.333. The Morgan fingerprint density at radius 3 is 2.41 bits per heavy atom. The number of nitro groups is 1. The van der Waals surface area contributed by atoms with E-state index in [-0.39, 0.29) is 30.8 Å². The Kier molecular flexibility index (Phi) is 7.49. The Bertz CT molecular complexity index is 1080. The van der Waals surface area contributed by atoms with Crippen LogP contribution in [-0.2, 0) is 0 Å². The average molecular weight is 479 g/mol. The quantitative estimate of drug-likeness (QED) is 0.350. The molecule has 0 saturated carbocycles. The summed E-state index contributed by atoms with van der Waals surface area (Å²) < 4.78 is 11.8. The number of amides is 1. The molecule has 1 amide bonds. The summed E-state index contributed by atoms with van der Waals surface area (Å²) in [6.45, 7) is 7.22. The maximum atomic E-state index is 13.3. The van der Waals surface area contributed by atoms with Crippen LogP contribution in [0.5, 0.6) is 11.5 Å². The fourth-order valence-corrected chi connectivity index (χ4v) is 4.37. The van der Waals surface area contributed by atoms with Gasteiger partial charge in [-0.25, -0.2) is 4.98 Å². The van der Waals surface area contributed by atoms with E-state index in [0.29, 0.717) is 35.3 Å². The van der Waals surface area contributed by atoms with E-state index < -0.39 is 4.92 Å². The molecule has 1 aliphatic rings. The van der Waals surface area contributed by atoms with Crippen molar-refractivity contribution in [1.82, 2.24) is 9.88 Å². The normalized spacial score (nSPS) is 12.1. The van der Waals surface area contributed by atoms with Crippen molar-refractivity contribution in [2.45, 2.75) is 13.8 Å². The van der Waals surface area contributed by atoms with Crippen molar-refractivity contribution in [2.24, 2.45) is 0 Å². The standard InChI is InChI=1S/C21H22N4O5S.ClH/c1-3-23(4-2)9-10-24(20(26)14-5-7-15(8-6-14)25(27)28)21-22-16-11-17-18(30-13-29-17)12-19(16)31-21;/h5-8,11-12H,3-4,9-10,13H2,1-2H3;1H. The molecule has 0 bridgehead atoms. The molecule has 0 atom stereocenters. The molecule has 1 aliphatic heterocycles. The van der Waals surface area contributed by atoms with Gasteiger partial charge < -0.3 is 14.4 Å². The molecule has 9 nitrogen and oxygen atoms in total. The zero-order chi connectivity index (χ0) is 22.0. The van der Waals surface area contributed by atoms with Crippen molar-refractivity contribution >= 4 is 50.7 Å². The van der Waals surface area contributed by atoms with Gasteiger partial charge >= 0.3 is 0 Å². The summed E-state index contributed by atoms with van der Waals surface area (Å²) in [6, 6.07) is 9.33. The summed E-state index contributed by atoms with van der Waals surface area (Å²) >= 11 is 1.40. The number of anilines is 1. The van der Waals surface area contributed by atoms with Gasteiger partial charge in [0.05, 0.1) is 15.1 Å². The Hall–Kier alpha value is -2.95. The maximum Gasteiger partial charge on any atom is 0.269 e. The van der Waals surface area contributed by atoms with E-state index in [1.807, 2.05) is 12.1 Å². The monoisotopic (exact) mass is 478 g/mol. The molecule has 0 aliphatic carbocycles. The maximum absolute atomic E-state index is 13.3. The van der Waals surface area contributed by atoms with E-state index in [2.05, 4.69) is 23.7 Å². The summed E-state index contributed by atoms with van der Waals surface area (Å²) in [5.41, 5.74) is 1.05. The number of likely N-dealkylation sites (N-methyl/N-ethyl adjacent to an activating group) is 1. The van der Waals surface area contributed by atoms with Gasteiger partial charge in [0.25, 0.3) is 11.6 Å². The van der Waals surface area contributed by atoms with E-state index in [1.54, 1.807) is 4.90 Å². The molecular weight excluding hydrogens is 456 g/mol. The lowest BCUT2D eigenvalue weighted by Crippen LogP contribution is -2.38. The van der Waals surface area contributed by atoms with Crippen molar-refractivity contribution in [3.63, 3.8) is 0 Å². The van der Waals surface area contributed by atoms with Crippen LogP contribution in [0.1, 0.15) is 24.2 Å². The van der Waals surface area contributed by atoms with Crippen LogP contribution in [0.3, 0.4) is 0 Å². The van der Waals surface area contributed by atoms with E-state index in [0.717, 1.165) is 23.3 Å². The van der Waals surface area contributed by atoms with E-state index in [1.165, 1.54) is 35.6 Å². The zero-order valence-electron chi connectivity index (χ0n) is 17.6. The average Bonchev–Trinajstić information content (AvgIpc) is 3.40. The number of aromatic nitrogens is 1. The molecular formula is C21H23ClN4O5S. The summed E-state index contributed by atoms with van der Waals surface area (Å²) in [4.78, 5) is 32.3. The number of benzene rings is 2. The molecule has 170 valence electrons. The second-order valence-electron chi connectivity index (χ2n) is 6.96. The molecule has 3 aromatic rings. The summed E-state index contributed by atoms with van der Waals surface area (Å²) in [5, 5.41) is 11.5. The number of fused-ring (bicyclic) bond motifs is 2. The molecule has 4 rings (SSSR count). The third-order valence-corrected chi connectivity index (χ3v) is 6.25. The lowest BCUT2D eigenvalue weighted by Gasteiger charge is -2.24. The highest BCUT2D eigenvalue weighted by atomic mass is 35.5. The first-order valence-electron chi connectivity index (χ1n) is 9.99. The summed E-state index contributed by atoms with van der Waals surface area (Å²) in [7, 11) is 0. The van der Waals surface area contributed by atoms with E-state index in [4.69, 9.17) is 9.47 Å². The SMILES string of the molecule is CCN(CC)CCN(C(=O)c1ccc([N+](=O)[O-])cc1)c1nc2cc3c(cc2s1)OCO3.Cl. The van der Waals surface area contributed by atoms with E-state index in [9.17, 15) is 14.9 Å². The number of carbonyl (C=O) groups excluding carboxylic acids is 1. The lowest BCUT2D eigenvalue weighted by molar-refractivity contribution is -0.384. The Labute approximate surface area is 195 Å². The van der Waals surface area contributed by atoms with Gasteiger partial charge in [0.2, 0.25) is 6.79 Å². The number of rotatable bonds is 8. The van der Waals surface area contributed by atoms with Gasteiger partial charge in [-0.05, 0) is 25.2 Å². The minimum atomic E-state index is -0.483. The van der Waals surface area contributed by atoms with Crippen LogP contribution in [-0.4, -0.2) is 53.7 Å². The van der Waals surface area contributed by atoms with Gasteiger partial charge in [-0.2, -0.15) is 0 Å². The van der Waals surface area contributed by atoms with Crippen molar-refractivity contribution in [2.75, 3.05) is 37.9 Å². The number of non-ortho nitro benzene ring substituents is 1. The number of hydrogen-bond donors (Lipinski definition) is 0. The van der Waals surface area contributed by atoms with Crippen LogP contribution in [0.2, 0.25) is 0 Å². The van der Waals surface area contributed by atoms with Crippen LogP contribution in [0, 0.1) is 10.1 Å². The Morgan fingerprint density at radius 2 is 1.78 bits per heavy atom. The number of nitrogens with zero attached hydrogens (tertiary/aromatic N) is 4. The molecule has 0 radical (unpaired) electrons. The van der Waals surface area contributed by atoms with Gasteiger partial charge in [0.15, 0.2) is 16.6 Å². The minimum absolute atomic E-state index is 0. The first kappa shape index (κ1) is 23.7. The summed E-state index contributed by atoms with van der Waals surface area (Å²) in [5.74, 6) is 1.06. The Balaban J connectivity index is 0.00000289. The second kappa shape index (κ2) is 10.1. The number of carbonyl (C=O) groups is 1. The van der Waals surface area contributed by atoms with Crippen molar-refractivity contribution in [1.29, 1.82) is 0 Å². The fourth-order valence-electron chi connectivity index (χ4n) is 3.37. The molecule has 2 aromatic carbocycles. The minimum Gasteiger partial charge on any atom is -0.454 e.